The van der Waals surface area contributed by atoms with Crippen LogP contribution < -0.4 is 10.2 Å². The Kier molecular flexibility index (Phi) is 4.97. The second kappa shape index (κ2) is 7.98. The normalized spacial score (nSPS) is 15.7. The Balaban J connectivity index is 1.57. The molecule has 1 unspecified atom stereocenters. The molecule has 3 aromatic carbocycles. The molecule has 2 amide bonds. The molecular weight excluding hydrogens is 426 g/mol. The molecule has 1 aliphatic heterocycles. The van der Waals surface area contributed by atoms with E-state index >= 15 is 0 Å². The van der Waals surface area contributed by atoms with Gasteiger partial charge in [0.1, 0.15) is 17.3 Å². The molecule has 2 heterocycles. The molecule has 0 aliphatic carbocycles. The zero-order valence-corrected chi connectivity index (χ0v) is 17.5. The number of halogens is 2. The van der Waals surface area contributed by atoms with Crippen LogP contribution in [0.3, 0.4) is 0 Å². The lowest BCUT2D eigenvalue weighted by atomic mass is 10.00. The van der Waals surface area contributed by atoms with Crippen molar-refractivity contribution in [3.63, 3.8) is 0 Å². The average Bonchev–Trinajstić information content (AvgIpc) is 3.21. The van der Waals surface area contributed by atoms with Crippen molar-refractivity contribution in [1.82, 2.24) is 10.3 Å². The third-order valence-corrected chi connectivity index (χ3v) is 5.57. The lowest BCUT2D eigenvalue weighted by Gasteiger charge is -2.20. The molecule has 0 radical (unpaired) electrons. The number of nitrogens with zero attached hydrogens (tertiary/aromatic N) is 2. The maximum Gasteiger partial charge on any atom is 0.272 e. The number of H-pyrrole nitrogens is 1. The fourth-order valence-electron chi connectivity index (χ4n) is 3.91. The van der Waals surface area contributed by atoms with E-state index in [1.54, 1.807) is 49.5 Å². The van der Waals surface area contributed by atoms with E-state index in [4.69, 9.17) is 0 Å². The number of hydrogen-bond donors (Lipinski definition) is 2. The molecule has 4 aromatic rings. The molecule has 0 bridgehead atoms. The van der Waals surface area contributed by atoms with Crippen LogP contribution in [0.25, 0.3) is 10.9 Å². The number of aromatic amines is 1. The van der Waals surface area contributed by atoms with Gasteiger partial charge in [-0.3, -0.25) is 9.59 Å². The van der Waals surface area contributed by atoms with Crippen LogP contribution in [-0.4, -0.2) is 35.7 Å². The largest absolute Gasteiger partial charge is 0.351 e. The minimum atomic E-state index is -1.30. The summed E-state index contributed by atoms with van der Waals surface area (Å²) in [5.74, 6) is -2.00. The van der Waals surface area contributed by atoms with Crippen LogP contribution in [0.15, 0.2) is 77.8 Å². The predicted octanol–water partition coefficient (Wildman–Crippen LogP) is 4.02. The van der Waals surface area contributed by atoms with E-state index in [1.165, 1.54) is 35.2 Å². The summed E-state index contributed by atoms with van der Waals surface area (Å²) in [7, 11) is 1.58. The van der Waals surface area contributed by atoms with Crippen LogP contribution in [0.4, 0.5) is 14.5 Å². The number of carbonyl (C=O) groups excluding carboxylic acids is 2. The van der Waals surface area contributed by atoms with Crippen molar-refractivity contribution in [1.29, 1.82) is 0 Å². The van der Waals surface area contributed by atoms with Gasteiger partial charge < -0.3 is 15.2 Å². The topological polar surface area (TPSA) is 77.6 Å². The number of hydrogen-bond acceptors (Lipinski definition) is 3. The monoisotopic (exact) mass is 444 g/mol. The second-order valence-electron chi connectivity index (χ2n) is 7.66. The van der Waals surface area contributed by atoms with Gasteiger partial charge in [-0.25, -0.2) is 13.8 Å². The molecule has 0 saturated heterocycles. The maximum atomic E-state index is 14.7. The van der Waals surface area contributed by atoms with E-state index in [0.29, 0.717) is 22.2 Å². The van der Waals surface area contributed by atoms with Crippen molar-refractivity contribution >= 4 is 34.1 Å². The molecule has 1 aromatic heterocycles. The first-order chi connectivity index (χ1) is 15.9. The van der Waals surface area contributed by atoms with Gasteiger partial charge >= 0.3 is 0 Å². The summed E-state index contributed by atoms with van der Waals surface area (Å²) in [6.07, 6.45) is -1.30. The smallest absolute Gasteiger partial charge is 0.272 e. The van der Waals surface area contributed by atoms with Crippen molar-refractivity contribution in [2.75, 3.05) is 11.9 Å². The molecule has 6 nitrogen and oxygen atoms in total. The van der Waals surface area contributed by atoms with E-state index in [0.717, 1.165) is 0 Å². The van der Waals surface area contributed by atoms with Gasteiger partial charge in [-0.1, -0.05) is 30.3 Å². The Bertz CT molecular complexity index is 1440. The third-order valence-electron chi connectivity index (χ3n) is 5.57. The van der Waals surface area contributed by atoms with Crippen LogP contribution in [0.5, 0.6) is 0 Å². The van der Waals surface area contributed by atoms with Crippen LogP contribution in [0.2, 0.25) is 0 Å². The van der Waals surface area contributed by atoms with Crippen LogP contribution >= 0.6 is 0 Å². The number of para-hydroxylation sites is 1. The SMILES string of the molecule is CN1C(=O)C(NC(=O)c2cc3cc(F)ccc3[nH]2)N=C(c2ccccc2F)c2ccccc21. The number of amides is 2. The second-order valence-corrected chi connectivity index (χ2v) is 7.66. The van der Waals surface area contributed by atoms with Crippen LogP contribution in [0.1, 0.15) is 21.6 Å². The number of likely N-dealkylation sites (N-methyl/N-ethyl adjacent to an activating group) is 1. The predicted molar refractivity (Wildman–Crippen MR) is 121 cm³/mol. The van der Waals surface area contributed by atoms with Crippen molar-refractivity contribution in [2.24, 2.45) is 4.99 Å². The fraction of sp³-hybridized carbons (Fsp3) is 0.0800. The Morgan fingerprint density at radius 1 is 1.00 bits per heavy atom. The third kappa shape index (κ3) is 3.65. The number of anilines is 1. The van der Waals surface area contributed by atoms with Crippen molar-refractivity contribution < 1.29 is 18.4 Å². The summed E-state index contributed by atoms with van der Waals surface area (Å²) < 4.78 is 28.2. The fourth-order valence-corrected chi connectivity index (χ4v) is 3.91. The number of rotatable bonds is 3. The van der Waals surface area contributed by atoms with E-state index in [-0.39, 0.29) is 17.0 Å². The van der Waals surface area contributed by atoms with E-state index in [1.807, 2.05) is 0 Å². The van der Waals surface area contributed by atoms with Gasteiger partial charge in [0, 0.05) is 29.1 Å². The highest BCUT2D eigenvalue weighted by atomic mass is 19.1. The number of benzene rings is 3. The summed E-state index contributed by atoms with van der Waals surface area (Å²) in [6, 6.07) is 18.8. The number of nitrogens with one attached hydrogen (secondary N) is 2. The maximum absolute atomic E-state index is 14.7. The molecule has 5 rings (SSSR count). The van der Waals surface area contributed by atoms with Crippen LogP contribution in [-0.2, 0) is 4.79 Å². The van der Waals surface area contributed by atoms with Crippen molar-refractivity contribution in [3.05, 3.63) is 101 Å². The van der Waals surface area contributed by atoms with Gasteiger partial charge in [-0.05, 0) is 42.5 Å². The number of aliphatic imine (C=N–C) groups is 1. The highest BCUT2D eigenvalue weighted by molar-refractivity contribution is 6.20. The number of fused-ring (bicyclic) bond motifs is 2. The minimum absolute atomic E-state index is 0.149. The van der Waals surface area contributed by atoms with E-state index in [2.05, 4.69) is 15.3 Å². The molecule has 0 fully saturated rings. The van der Waals surface area contributed by atoms with E-state index < -0.39 is 29.6 Å². The van der Waals surface area contributed by atoms with Gasteiger partial charge in [-0.2, -0.15) is 0 Å². The zero-order valence-electron chi connectivity index (χ0n) is 17.5. The molecule has 1 atom stereocenters. The summed E-state index contributed by atoms with van der Waals surface area (Å²) in [5.41, 5.74) is 2.31. The standard InChI is InChI=1S/C25H18F2N4O2/c1-31-21-9-5-3-7-17(21)22(16-6-2-4-8-18(16)27)29-23(25(31)33)30-24(32)20-13-14-12-15(26)10-11-19(14)28-20/h2-13,23,28H,1H3,(H,30,32). The first kappa shape index (κ1) is 20.6. The lowest BCUT2D eigenvalue weighted by molar-refractivity contribution is -0.119. The summed E-state index contributed by atoms with van der Waals surface area (Å²) >= 11 is 0. The first-order valence-corrected chi connectivity index (χ1v) is 10.2. The van der Waals surface area contributed by atoms with Gasteiger partial charge in [0.15, 0.2) is 0 Å². The number of carbonyl (C=O) groups is 2. The lowest BCUT2D eigenvalue weighted by Crippen LogP contribution is -2.46. The molecule has 0 saturated carbocycles. The van der Waals surface area contributed by atoms with Crippen LogP contribution in [0, 0.1) is 11.6 Å². The molecule has 1 aliphatic rings. The zero-order chi connectivity index (χ0) is 23.1. The average molecular weight is 444 g/mol. The summed E-state index contributed by atoms with van der Waals surface area (Å²) in [4.78, 5) is 35.0. The highest BCUT2D eigenvalue weighted by Gasteiger charge is 2.32. The van der Waals surface area contributed by atoms with Gasteiger partial charge in [0.05, 0.1) is 11.4 Å². The van der Waals surface area contributed by atoms with E-state index in [9.17, 15) is 18.4 Å². The molecule has 8 heteroatoms. The molecule has 33 heavy (non-hydrogen) atoms. The van der Waals surface area contributed by atoms with Gasteiger partial charge in [-0.15, -0.1) is 0 Å². The number of benzodiazepines with no additional fused rings is 1. The molecule has 164 valence electrons. The first-order valence-electron chi connectivity index (χ1n) is 10.2. The quantitative estimate of drug-likeness (QED) is 0.501. The summed E-state index contributed by atoms with van der Waals surface area (Å²) in [6.45, 7) is 0. The van der Waals surface area contributed by atoms with Gasteiger partial charge in [0.25, 0.3) is 11.8 Å². The Morgan fingerprint density at radius 3 is 2.52 bits per heavy atom. The van der Waals surface area contributed by atoms with Crippen molar-refractivity contribution in [3.8, 4) is 0 Å². The summed E-state index contributed by atoms with van der Waals surface area (Å²) in [5, 5.41) is 3.14. The Morgan fingerprint density at radius 2 is 1.73 bits per heavy atom. The number of aromatic nitrogens is 1. The highest BCUT2D eigenvalue weighted by Crippen LogP contribution is 2.28. The minimum Gasteiger partial charge on any atom is -0.351 e. The molecule has 0 spiro atoms. The van der Waals surface area contributed by atoms with Gasteiger partial charge in [0.2, 0.25) is 6.17 Å². The Labute approximate surface area is 187 Å². The Hall–Kier alpha value is -4.33. The molecular formula is C25H18F2N4O2. The van der Waals surface area contributed by atoms with Crippen molar-refractivity contribution in [2.45, 2.75) is 6.17 Å². The molecule has 2 N–H and O–H groups in total.